The molecule has 0 bridgehead atoms. The Morgan fingerprint density at radius 1 is 0.958 bits per heavy atom. The molecule has 0 radical (unpaired) electrons. The van der Waals surface area contributed by atoms with Crippen LogP contribution in [0.1, 0.15) is 54.4 Å². The molecular formula is C15H35N2O6Pt. The molecule has 0 aromatic rings. The minimum absolute atomic E-state index is 0.317. The van der Waals surface area contributed by atoms with Gasteiger partial charge < -0.3 is 26.2 Å². The van der Waals surface area contributed by atoms with Crippen molar-refractivity contribution in [2.75, 3.05) is 13.2 Å². The molecule has 0 aliphatic rings. The number of aliphatic hydroxyl groups excluding tert-OH is 2. The number of rotatable bonds is 6. The fourth-order valence-corrected chi connectivity index (χ4v) is 0.591. The topological polar surface area (TPSA) is 167 Å². The summed E-state index contributed by atoms with van der Waals surface area (Å²) in [6, 6.07) is 0.398. The zero-order chi connectivity index (χ0) is 20.6. The average Bonchev–Trinajstić information content (AvgIpc) is 2.50. The van der Waals surface area contributed by atoms with E-state index in [1.807, 2.05) is 6.92 Å². The molecule has 0 aromatic heterocycles. The Bertz CT molecular complexity index is 297. The van der Waals surface area contributed by atoms with E-state index in [1.54, 1.807) is 20.1 Å². The maximum atomic E-state index is 10.1. The molecule has 0 rings (SSSR count). The van der Waals surface area contributed by atoms with Crippen LogP contribution in [-0.2, 0) is 29.7 Å². The first-order valence-corrected chi connectivity index (χ1v) is 8.72. The number of carbonyl (C=O) groups is 2. The summed E-state index contributed by atoms with van der Waals surface area (Å²) in [6.45, 7) is 9.41. The second-order valence-corrected chi connectivity index (χ2v) is 6.46. The zero-order valence-electron chi connectivity index (χ0n) is 15.5. The van der Waals surface area contributed by atoms with Gasteiger partial charge in [0.05, 0.1) is 24.0 Å². The fourth-order valence-electron chi connectivity index (χ4n) is 0.591. The van der Waals surface area contributed by atoms with E-state index in [0.717, 1.165) is 6.42 Å². The molecule has 0 aliphatic carbocycles. The van der Waals surface area contributed by atoms with Gasteiger partial charge in [0.1, 0.15) is 0 Å². The van der Waals surface area contributed by atoms with E-state index in [-0.39, 0.29) is 13.2 Å². The number of aliphatic hydroxyl groups is 2. The molecule has 0 saturated carbocycles. The Hall–Kier alpha value is -0.532. The molecule has 8 nitrogen and oxygen atoms in total. The summed E-state index contributed by atoms with van der Waals surface area (Å²) < 4.78 is 4.47. The Kier molecular flexibility index (Phi) is 22.5. The molecule has 0 amide bonds. The second-order valence-electron chi connectivity index (χ2n) is 6.46. The van der Waals surface area contributed by atoms with Crippen LogP contribution in [0.3, 0.4) is 0 Å². The van der Waals surface area contributed by atoms with Gasteiger partial charge in [-0.15, -0.1) is 0 Å². The van der Waals surface area contributed by atoms with Crippen LogP contribution < -0.4 is 10.0 Å². The van der Waals surface area contributed by atoms with Crippen LogP contribution >= 0.6 is 0 Å². The standard InChI is InChI=1S/C5H13N.2C5H10O3.H2N.Pt/c1-3-4-5(2)6;2*1-5(2,3-6)4(7)8;;/h5H,3-4,6H2,1-2H3;2*6H,3H2,1-2H3,(H,7,8);1H2;/q;;;-1;+1. The Labute approximate surface area is 156 Å². The van der Waals surface area contributed by atoms with E-state index in [4.69, 9.17) is 26.2 Å². The van der Waals surface area contributed by atoms with Crippen molar-refractivity contribution in [2.24, 2.45) is 20.9 Å². The van der Waals surface area contributed by atoms with Crippen molar-refractivity contribution >= 4 is 11.9 Å². The SMILES string of the molecule is CC(C)(CO)C(=O)O.CC(C)(CO)C(=O)O.CCCC(C)N.[NH2][Pt]. The van der Waals surface area contributed by atoms with Crippen LogP contribution in [-0.4, -0.2) is 51.6 Å². The van der Waals surface area contributed by atoms with Gasteiger partial charge in [-0.25, -0.2) is 0 Å². The molecule has 0 fully saturated rings. The van der Waals surface area contributed by atoms with Crippen LogP contribution in [0.4, 0.5) is 0 Å². The number of carboxylic acids is 2. The molecule has 0 saturated heterocycles. The quantitative estimate of drug-likeness (QED) is 0.290. The van der Waals surface area contributed by atoms with Crippen molar-refractivity contribution in [3.05, 3.63) is 0 Å². The number of carboxylic acid groups (broad SMARTS) is 2. The van der Waals surface area contributed by atoms with Gasteiger partial charge in [-0.05, 0) is 41.0 Å². The van der Waals surface area contributed by atoms with Crippen LogP contribution in [0.15, 0.2) is 0 Å². The summed E-state index contributed by atoms with van der Waals surface area (Å²) in [7, 11) is 0. The Morgan fingerprint density at radius 2 is 1.21 bits per heavy atom. The summed E-state index contributed by atoms with van der Waals surface area (Å²) >= 11 is 1.64. The van der Waals surface area contributed by atoms with E-state index in [1.165, 1.54) is 34.1 Å². The zero-order valence-corrected chi connectivity index (χ0v) is 17.8. The van der Waals surface area contributed by atoms with Gasteiger partial charge in [0, 0.05) is 6.04 Å². The first kappa shape index (κ1) is 31.3. The van der Waals surface area contributed by atoms with Gasteiger partial charge in [0.2, 0.25) is 0 Å². The van der Waals surface area contributed by atoms with E-state index in [9.17, 15) is 9.59 Å². The van der Waals surface area contributed by atoms with E-state index in [0.29, 0.717) is 6.04 Å². The Balaban J connectivity index is -0.000000120. The van der Waals surface area contributed by atoms with Crippen molar-refractivity contribution in [3.63, 3.8) is 0 Å². The molecule has 1 atom stereocenters. The summed E-state index contributed by atoms with van der Waals surface area (Å²) in [4.78, 5) is 20.2. The van der Waals surface area contributed by atoms with Crippen molar-refractivity contribution in [2.45, 2.75) is 60.4 Å². The van der Waals surface area contributed by atoms with Crippen molar-refractivity contribution in [3.8, 4) is 0 Å². The molecule has 0 spiro atoms. The second kappa shape index (κ2) is 17.3. The third-order valence-electron chi connectivity index (χ3n) is 2.69. The van der Waals surface area contributed by atoms with Crippen LogP contribution in [0.2, 0.25) is 0 Å². The molecule has 0 heterocycles. The van der Waals surface area contributed by atoms with Crippen molar-refractivity contribution in [1.29, 1.82) is 0 Å². The first-order chi connectivity index (χ1) is 10.8. The number of nitrogens with two attached hydrogens (primary N) is 2. The summed E-state index contributed by atoms with van der Waals surface area (Å²) in [5.74, 6) is -1.94. The van der Waals surface area contributed by atoms with Crippen LogP contribution in [0, 0.1) is 10.8 Å². The first-order valence-electron chi connectivity index (χ1n) is 7.40. The van der Waals surface area contributed by atoms with Gasteiger partial charge in [-0.3, -0.25) is 9.59 Å². The number of hydrogen-bond donors (Lipinski definition) is 6. The maximum absolute atomic E-state index is 10.1. The van der Waals surface area contributed by atoms with Gasteiger partial charge in [0.25, 0.3) is 0 Å². The van der Waals surface area contributed by atoms with Crippen LogP contribution in [0.5, 0.6) is 0 Å². The third kappa shape index (κ3) is 21.5. The Morgan fingerprint density at radius 3 is 1.21 bits per heavy atom. The van der Waals surface area contributed by atoms with Crippen molar-refractivity contribution in [1.82, 2.24) is 0 Å². The van der Waals surface area contributed by atoms with E-state index >= 15 is 0 Å². The predicted octanol–water partition coefficient (Wildman–Crippen LogP) is 0.720. The molecule has 8 N–H and O–H groups in total. The monoisotopic (exact) mass is 534 g/mol. The fraction of sp³-hybridized carbons (Fsp3) is 0.867. The van der Waals surface area contributed by atoms with E-state index in [2.05, 4.69) is 11.2 Å². The normalized spacial score (nSPS) is 11.5. The molecule has 0 aliphatic heterocycles. The van der Waals surface area contributed by atoms with Gasteiger partial charge in [-0.1, -0.05) is 13.3 Å². The predicted molar refractivity (Wildman–Crippen MR) is 89.8 cm³/mol. The summed E-state index contributed by atoms with van der Waals surface area (Å²) in [6.07, 6.45) is 2.36. The van der Waals surface area contributed by atoms with Gasteiger partial charge in [0.15, 0.2) is 0 Å². The third-order valence-corrected chi connectivity index (χ3v) is 2.69. The van der Waals surface area contributed by atoms with E-state index < -0.39 is 22.8 Å². The average molecular weight is 535 g/mol. The molecule has 0 aromatic carbocycles. The summed E-state index contributed by atoms with van der Waals surface area (Å²) in [5.41, 5.74) is 3.43. The summed E-state index contributed by atoms with van der Waals surface area (Å²) in [5, 5.41) is 33.3. The molecule has 1 unspecified atom stereocenters. The molecule has 9 heteroatoms. The molecule has 151 valence electrons. The number of aliphatic carboxylic acids is 2. The molecule has 24 heavy (non-hydrogen) atoms. The van der Waals surface area contributed by atoms with Gasteiger partial charge >= 0.3 is 36.3 Å². The van der Waals surface area contributed by atoms with Gasteiger partial charge in [-0.2, -0.15) is 0 Å². The number of hydrogen-bond acceptors (Lipinski definition) is 6. The van der Waals surface area contributed by atoms with Crippen LogP contribution in [0.25, 0.3) is 0 Å². The minimum atomic E-state index is -0.986. The molecular weight excluding hydrogens is 499 g/mol. The van der Waals surface area contributed by atoms with Crippen molar-refractivity contribution < 1.29 is 50.1 Å².